The van der Waals surface area contributed by atoms with Gasteiger partial charge in [-0.1, -0.05) is 72.8 Å². The van der Waals surface area contributed by atoms with Crippen LogP contribution < -0.4 is 13.6 Å². The fourth-order valence-corrected chi connectivity index (χ4v) is 6.33. The summed E-state index contributed by atoms with van der Waals surface area (Å²) >= 11 is 5.82. The molecule has 1 aliphatic rings. The zero-order valence-electron chi connectivity index (χ0n) is 17.4. The van der Waals surface area contributed by atoms with Gasteiger partial charge >= 0.3 is 6.72 Å². The third kappa shape index (κ3) is 3.64. The van der Waals surface area contributed by atoms with Crippen LogP contribution in [0.1, 0.15) is 11.1 Å². The Labute approximate surface area is 195 Å². The van der Waals surface area contributed by atoms with Crippen molar-refractivity contribution in [2.24, 2.45) is 0 Å². The molecule has 0 aromatic heterocycles. The minimum atomic E-state index is -3.46. The molecule has 6 heteroatoms. The Morgan fingerprint density at radius 2 is 1.18 bits per heavy atom. The van der Waals surface area contributed by atoms with Crippen molar-refractivity contribution in [2.45, 2.75) is 6.42 Å². The van der Waals surface area contributed by atoms with E-state index >= 15 is 0 Å². The highest BCUT2D eigenvalue weighted by atomic mass is 32.5. The molecule has 0 amide bonds. The van der Waals surface area contributed by atoms with E-state index in [0.717, 1.165) is 32.7 Å². The second-order valence-corrected chi connectivity index (χ2v) is 10.6. The fourth-order valence-electron chi connectivity index (χ4n) is 4.28. The summed E-state index contributed by atoms with van der Waals surface area (Å²) in [6, 6.07) is 30.2. The lowest BCUT2D eigenvalue weighted by Gasteiger charge is -2.29. The average Bonchev–Trinajstić information content (AvgIpc) is 2.82. The van der Waals surface area contributed by atoms with Crippen molar-refractivity contribution < 1.29 is 18.0 Å². The minimum Gasteiger partial charge on any atom is -0.407 e. The molecular formula is C27H18FO3PS. The van der Waals surface area contributed by atoms with Gasteiger partial charge in [-0.3, -0.25) is 0 Å². The van der Waals surface area contributed by atoms with Crippen LogP contribution >= 0.6 is 6.72 Å². The van der Waals surface area contributed by atoms with Crippen molar-refractivity contribution in [1.29, 1.82) is 0 Å². The third-order valence-electron chi connectivity index (χ3n) is 5.82. The first-order valence-electron chi connectivity index (χ1n) is 10.5. The molecule has 162 valence electrons. The molecule has 0 unspecified atom stereocenters. The second-order valence-electron chi connectivity index (χ2n) is 7.86. The summed E-state index contributed by atoms with van der Waals surface area (Å²) in [7, 11) is 0. The van der Waals surface area contributed by atoms with E-state index in [1.165, 1.54) is 12.1 Å². The van der Waals surface area contributed by atoms with Gasteiger partial charge < -0.3 is 13.6 Å². The molecule has 1 heterocycles. The van der Waals surface area contributed by atoms with Crippen LogP contribution in [0.25, 0.3) is 21.5 Å². The van der Waals surface area contributed by atoms with Crippen LogP contribution in [-0.4, -0.2) is 0 Å². The molecule has 0 spiro atoms. The summed E-state index contributed by atoms with van der Waals surface area (Å²) in [6.45, 7) is -3.46. The molecule has 0 radical (unpaired) electrons. The van der Waals surface area contributed by atoms with Gasteiger partial charge in [0.1, 0.15) is 11.5 Å². The quantitative estimate of drug-likeness (QED) is 0.245. The summed E-state index contributed by atoms with van der Waals surface area (Å²) in [5.41, 5.74) is 2.00. The molecule has 33 heavy (non-hydrogen) atoms. The van der Waals surface area contributed by atoms with Crippen LogP contribution in [0.3, 0.4) is 0 Å². The first-order chi connectivity index (χ1) is 16.1. The molecule has 0 bridgehead atoms. The summed E-state index contributed by atoms with van der Waals surface area (Å²) in [5, 5.41) is 4.35. The summed E-state index contributed by atoms with van der Waals surface area (Å²) in [5.74, 6) is 0.665. The smallest absolute Gasteiger partial charge is 0.407 e. The van der Waals surface area contributed by atoms with E-state index in [0.29, 0.717) is 17.9 Å². The van der Waals surface area contributed by atoms with Crippen LogP contribution in [0.5, 0.6) is 17.2 Å². The van der Waals surface area contributed by atoms with E-state index in [1.807, 2.05) is 48.5 Å². The second kappa shape index (κ2) is 7.87. The first-order valence-corrected chi connectivity index (χ1v) is 13.1. The SMILES string of the molecule is Fc1ccccc1OP1(=S)Oc2ccc3ccccc3c2Cc2c(ccc3ccccc23)O1. The molecule has 0 atom stereocenters. The van der Waals surface area contributed by atoms with Crippen molar-refractivity contribution in [3.05, 3.63) is 114 Å². The van der Waals surface area contributed by atoms with Crippen molar-refractivity contribution in [3.8, 4) is 17.2 Å². The highest BCUT2D eigenvalue weighted by molar-refractivity contribution is 8.08. The standard InChI is InChI=1S/C27H18FO3PS/c28-24-11-5-6-12-27(24)31-32(33)29-25-15-13-18-7-1-3-9-20(18)22(25)17-23-21-10-4-2-8-19(21)14-16-26(23)30-32/h1-16H,17H2. The summed E-state index contributed by atoms with van der Waals surface area (Å²) < 4.78 is 32.9. The van der Waals surface area contributed by atoms with Crippen LogP contribution in [-0.2, 0) is 18.2 Å². The lowest BCUT2D eigenvalue weighted by atomic mass is 9.93. The highest BCUT2D eigenvalue weighted by Gasteiger charge is 2.33. The Balaban J connectivity index is 1.60. The van der Waals surface area contributed by atoms with Gasteiger partial charge in [0.15, 0.2) is 11.6 Å². The van der Waals surface area contributed by atoms with Gasteiger partial charge in [-0.2, -0.15) is 0 Å². The summed E-state index contributed by atoms with van der Waals surface area (Å²) in [4.78, 5) is 0. The van der Waals surface area contributed by atoms with Crippen LogP contribution in [0, 0.1) is 5.82 Å². The lowest BCUT2D eigenvalue weighted by Crippen LogP contribution is -2.13. The number of halogens is 1. The van der Waals surface area contributed by atoms with Gasteiger partial charge in [0.25, 0.3) is 0 Å². The zero-order valence-corrected chi connectivity index (χ0v) is 19.1. The van der Waals surface area contributed by atoms with Crippen LogP contribution in [0.2, 0.25) is 0 Å². The maximum atomic E-state index is 14.4. The molecule has 0 saturated carbocycles. The largest absolute Gasteiger partial charge is 0.490 e. The topological polar surface area (TPSA) is 27.7 Å². The number of para-hydroxylation sites is 1. The normalized spacial score (nSPS) is 14.3. The maximum Gasteiger partial charge on any atom is 0.490 e. The van der Waals surface area contributed by atoms with Crippen molar-refractivity contribution in [1.82, 2.24) is 0 Å². The van der Waals surface area contributed by atoms with E-state index in [9.17, 15) is 4.39 Å². The first kappa shape index (κ1) is 20.2. The van der Waals surface area contributed by atoms with Gasteiger partial charge in [-0.05, 0) is 45.8 Å². The van der Waals surface area contributed by atoms with E-state index in [4.69, 9.17) is 25.4 Å². The number of hydrogen-bond donors (Lipinski definition) is 0. The van der Waals surface area contributed by atoms with Crippen molar-refractivity contribution >= 4 is 40.1 Å². The predicted octanol–water partition coefficient (Wildman–Crippen LogP) is 7.80. The van der Waals surface area contributed by atoms with Gasteiger partial charge in [0, 0.05) is 29.4 Å². The van der Waals surface area contributed by atoms with Crippen LogP contribution in [0.15, 0.2) is 97.1 Å². The Kier molecular flexibility index (Phi) is 4.83. The Morgan fingerprint density at radius 3 is 1.76 bits per heavy atom. The Bertz CT molecular complexity index is 1490. The predicted molar refractivity (Wildman–Crippen MR) is 133 cm³/mol. The van der Waals surface area contributed by atoms with Gasteiger partial charge in [0.2, 0.25) is 0 Å². The molecule has 0 N–H and O–H groups in total. The average molecular weight is 472 g/mol. The number of benzene rings is 5. The van der Waals surface area contributed by atoms with Crippen molar-refractivity contribution in [3.63, 3.8) is 0 Å². The van der Waals surface area contributed by atoms with E-state index in [1.54, 1.807) is 12.1 Å². The molecule has 6 rings (SSSR count). The molecule has 0 saturated heterocycles. The molecular weight excluding hydrogens is 454 g/mol. The zero-order chi connectivity index (χ0) is 22.4. The van der Waals surface area contributed by atoms with Gasteiger partial charge in [0.05, 0.1) is 0 Å². The van der Waals surface area contributed by atoms with Gasteiger partial charge in [-0.25, -0.2) is 4.39 Å². The lowest BCUT2D eigenvalue weighted by molar-refractivity contribution is 0.368. The van der Waals surface area contributed by atoms with Crippen LogP contribution in [0.4, 0.5) is 4.39 Å². The Morgan fingerprint density at radius 1 is 0.667 bits per heavy atom. The highest BCUT2D eigenvalue weighted by Crippen LogP contribution is 2.54. The Hall–Kier alpha value is -3.40. The minimum absolute atomic E-state index is 0.00563. The maximum absolute atomic E-state index is 14.4. The van der Waals surface area contributed by atoms with E-state index in [-0.39, 0.29) is 5.75 Å². The molecule has 0 fully saturated rings. The number of hydrogen-bond acceptors (Lipinski definition) is 4. The molecule has 5 aromatic carbocycles. The van der Waals surface area contributed by atoms with E-state index in [2.05, 4.69) is 24.3 Å². The number of rotatable bonds is 2. The monoisotopic (exact) mass is 472 g/mol. The molecule has 1 aliphatic heterocycles. The number of fused-ring (bicyclic) bond motifs is 6. The van der Waals surface area contributed by atoms with Gasteiger partial charge in [-0.15, -0.1) is 0 Å². The van der Waals surface area contributed by atoms with Crippen molar-refractivity contribution in [2.75, 3.05) is 0 Å². The molecule has 0 aliphatic carbocycles. The third-order valence-corrected chi connectivity index (χ3v) is 7.75. The molecule has 5 aromatic rings. The fraction of sp³-hybridized carbons (Fsp3) is 0.0370. The molecule has 3 nitrogen and oxygen atoms in total. The van der Waals surface area contributed by atoms with E-state index < -0.39 is 12.5 Å². The summed E-state index contributed by atoms with van der Waals surface area (Å²) in [6.07, 6.45) is 0.600.